The van der Waals surface area contributed by atoms with Crippen LogP contribution >= 0.6 is 56.7 Å². The van der Waals surface area contributed by atoms with E-state index in [-0.39, 0.29) is 105 Å². The predicted octanol–water partition coefficient (Wildman–Crippen LogP) is 3.05. The number of cyclic esters (lactones) is 2. The van der Waals surface area contributed by atoms with Gasteiger partial charge in [0.25, 0.3) is 23.6 Å². The summed E-state index contributed by atoms with van der Waals surface area (Å²) in [5, 5.41) is 78.1. The van der Waals surface area contributed by atoms with Crippen molar-refractivity contribution < 1.29 is 96.0 Å². The normalized spacial score (nSPS) is 26.5. The van der Waals surface area contributed by atoms with E-state index >= 15 is 19.2 Å². The summed E-state index contributed by atoms with van der Waals surface area (Å²) in [7, 11) is 1.17. The molecule has 1 aromatic carbocycles. The Kier molecular flexibility index (Phi) is 19.5. The van der Waals surface area contributed by atoms with E-state index in [1.54, 1.807) is 45.0 Å². The highest BCUT2D eigenvalue weighted by Crippen LogP contribution is 2.43. The summed E-state index contributed by atoms with van der Waals surface area (Å²) >= 11 is 4.41. The van der Waals surface area contributed by atoms with E-state index in [9.17, 15) is 48.4 Å². The zero-order valence-corrected chi connectivity index (χ0v) is 59.1. The molecule has 12 atom stereocenters. The summed E-state index contributed by atoms with van der Waals surface area (Å²) < 4.78 is 62.8. The van der Waals surface area contributed by atoms with Crippen LogP contribution in [-0.4, -0.2) is 215 Å². The fourth-order valence-corrected chi connectivity index (χ4v) is 18.6. The number of likely N-dealkylation sites (N-methyl/N-ethyl adjacent to an activating group) is 1. The first-order valence-corrected chi connectivity index (χ1v) is 37.1. The van der Waals surface area contributed by atoms with Gasteiger partial charge in [-0.1, -0.05) is 12.1 Å². The van der Waals surface area contributed by atoms with Crippen molar-refractivity contribution >= 4 is 125 Å². The molecule has 12 heterocycles. The number of ether oxygens (including phenoxy) is 6. The van der Waals surface area contributed by atoms with Gasteiger partial charge in [0.1, 0.15) is 120 Å². The van der Waals surface area contributed by atoms with Gasteiger partial charge >= 0.3 is 11.9 Å². The standard InChI is InChI=1S/C62H63N13O20S6/c1-23(76)41-54(83)72-42(24(2)90-7)57-67-34(20-98-57)53(82)73-45-47-48(95-39-12-62(4,86)49(74(5)6)25(3)94-39)61(85)92-13-26-9-8-10-36-40(26)28(14-91-47)46(75(36)87)60(84)93-15-29(63-50(79)31-19-100-59(45)69-31)56-65-30(16-97-56)43-27(55-66-33(17-96-55)52(81)71-41)11-37(77)44(70-43)58-68-32(18-99-58)51(80)64-35-21-101(88,89)22-38(35)78/h8-11,16-20,23,25,29,35,38-39,41,45,47-49,76-78,86-87H,12-15,21-22H2,1-7H3,(H,63,79)(H,64,80)(H,71,81)(H,72,83)(H,73,82)/b42-24+/t23?,25?,29?,35?,38-,39?,41?,45?,47?,48?,49?,62?/m1/s1. The summed E-state index contributed by atoms with van der Waals surface area (Å²) in [5.41, 5.74) is -3.01. The quantitative estimate of drug-likeness (QED) is 0.0593. The van der Waals surface area contributed by atoms with Crippen molar-refractivity contribution in [1.82, 2.24) is 66.1 Å². The number of esters is 2. The molecule has 532 valence electrons. The number of carbonyl (C=O) groups excluding carboxylic acids is 7. The smallest absolute Gasteiger partial charge is 0.358 e. The lowest BCUT2D eigenvalue weighted by molar-refractivity contribution is -0.280. The second kappa shape index (κ2) is 27.8. The molecular formula is C62H63N13O20S6. The molecular weight excluding hydrogens is 1440 g/mol. The van der Waals surface area contributed by atoms with E-state index in [4.69, 9.17) is 43.4 Å². The Morgan fingerprint density at radius 1 is 0.842 bits per heavy atom. The van der Waals surface area contributed by atoms with Crippen molar-refractivity contribution in [2.45, 2.75) is 120 Å². The number of hydrogen-bond acceptors (Lipinski definition) is 32. The number of amides is 5. The van der Waals surface area contributed by atoms with Gasteiger partial charge in [0.15, 0.2) is 27.9 Å². The molecule has 12 bridgehead atoms. The van der Waals surface area contributed by atoms with Gasteiger partial charge in [-0.15, -0.1) is 56.7 Å². The summed E-state index contributed by atoms with van der Waals surface area (Å²) in [4.78, 5) is 133. The van der Waals surface area contributed by atoms with Gasteiger partial charge in [0.2, 0.25) is 5.91 Å². The van der Waals surface area contributed by atoms with Crippen molar-refractivity contribution in [1.29, 1.82) is 0 Å². The molecule has 5 aliphatic heterocycles. The molecule has 8 aromatic rings. The zero-order chi connectivity index (χ0) is 71.8. The molecule has 7 aromatic heterocycles. The molecule has 11 unspecified atom stereocenters. The average Bonchev–Trinajstić information content (AvgIpc) is 1.67. The average molecular weight is 1500 g/mol. The Labute approximate surface area is 592 Å². The van der Waals surface area contributed by atoms with Gasteiger partial charge in [-0.2, -0.15) is 4.73 Å². The van der Waals surface area contributed by atoms with Crippen molar-refractivity contribution in [2.75, 3.05) is 39.3 Å². The monoisotopic (exact) mass is 1500 g/mol. The Bertz CT molecular complexity index is 4810. The van der Waals surface area contributed by atoms with Crippen LogP contribution in [0.4, 0.5) is 0 Å². The van der Waals surface area contributed by atoms with E-state index in [0.29, 0.717) is 10.3 Å². The number of nitrogens with one attached hydrogen (secondary N) is 5. The number of benzene rings is 1. The maximum absolute atomic E-state index is 15.2. The largest absolute Gasteiger partial charge is 0.506 e. The summed E-state index contributed by atoms with van der Waals surface area (Å²) in [6, 6.07) is -0.570. The number of methoxy groups -OCH3 is 1. The van der Waals surface area contributed by atoms with Crippen LogP contribution in [0.25, 0.3) is 49.3 Å². The van der Waals surface area contributed by atoms with Gasteiger partial charge in [-0.05, 0) is 59.5 Å². The molecule has 5 amide bonds. The Morgan fingerprint density at radius 3 is 2.23 bits per heavy atom. The molecule has 33 nitrogen and oxygen atoms in total. The van der Waals surface area contributed by atoms with E-state index in [2.05, 4.69) is 41.5 Å². The lowest BCUT2D eigenvalue weighted by Crippen LogP contribution is -2.62. The Balaban J connectivity index is 0.973. The lowest BCUT2D eigenvalue weighted by atomic mass is 9.85. The van der Waals surface area contributed by atoms with Gasteiger partial charge < -0.3 is 85.5 Å². The van der Waals surface area contributed by atoms with E-state index in [1.807, 2.05) is 0 Å². The number of aliphatic hydroxyl groups excluding tert-OH is 2. The van der Waals surface area contributed by atoms with Crippen molar-refractivity contribution in [2.24, 2.45) is 0 Å². The molecule has 0 saturated carbocycles. The summed E-state index contributed by atoms with van der Waals surface area (Å²) in [5.74, 6) is -8.39. The highest BCUT2D eigenvalue weighted by Gasteiger charge is 2.50. The van der Waals surface area contributed by atoms with Crippen molar-refractivity contribution in [3.8, 4) is 38.4 Å². The number of rotatable bonds is 8. The van der Waals surface area contributed by atoms with Crippen molar-refractivity contribution in [3.63, 3.8) is 0 Å². The maximum atomic E-state index is 15.2. The molecule has 2 saturated heterocycles. The second-order valence-electron chi connectivity index (χ2n) is 24.8. The molecule has 39 heteroatoms. The maximum Gasteiger partial charge on any atom is 0.358 e. The second-order valence-corrected chi connectivity index (χ2v) is 31.3. The number of carbonyl (C=O) groups is 7. The van der Waals surface area contributed by atoms with Crippen LogP contribution in [0.1, 0.15) is 125 Å². The SMILES string of the molecule is CO/C(C)=C1/NC(=O)C(C(C)O)NC(=O)c2csc(n2)-c2cc(O)c(-c3nc(C(=O)NC4CS(=O)(=O)C[C@H]4O)cs3)nc2-c2csc(n2)C2COC(=O)c3c4c5c(cccc5n3O)COC(=O)C(OC3CC(C)(O)C(N(C)C)C(C)O3)C(OC4)C(NC(=O)c3csc1n3)c1nc(cs1)C(=O)N2. The molecule has 5 aliphatic rings. The van der Waals surface area contributed by atoms with Crippen LogP contribution in [0, 0.1) is 0 Å². The molecule has 0 aliphatic carbocycles. The minimum absolute atomic E-state index is 0.00169. The molecule has 0 spiro atoms. The van der Waals surface area contributed by atoms with Crippen LogP contribution < -0.4 is 26.6 Å². The topological polar surface area (TPSA) is 456 Å². The van der Waals surface area contributed by atoms with Crippen LogP contribution in [-0.2, 0) is 61.1 Å². The van der Waals surface area contributed by atoms with Crippen LogP contribution in [0.5, 0.6) is 5.75 Å². The fourth-order valence-electron chi connectivity index (χ4n) is 12.7. The number of aliphatic hydroxyl groups is 3. The molecule has 13 rings (SSSR count). The van der Waals surface area contributed by atoms with E-state index in [0.717, 1.165) is 56.7 Å². The Morgan fingerprint density at radius 2 is 1.51 bits per heavy atom. The van der Waals surface area contributed by atoms with Gasteiger partial charge in [0, 0.05) is 49.8 Å². The van der Waals surface area contributed by atoms with Gasteiger partial charge in [0.05, 0.1) is 66.7 Å². The van der Waals surface area contributed by atoms with Crippen LogP contribution in [0.15, 0.2) is 56.9 Å². The number of hydrogen-bond donors (Lipinski definition) is 10. The number of sulfone groups is 1. The first-order valence-electron chi connectivity index (χ1n) is 30.9. The fraction of sp³-hybridized carbons (Fsp3) is 0.403. The first-order chi connectivity index (χ1) is 48.0. The third-order valence-corrected chi connectivity index (χ3v) is 23.6. The molecule has 2 fully saturated rings. The third kappa shape index (κ3) is 13.9. The van der Waals surface area contributed by atoms with Crippen LogP contribution in [0.2, 0.25) is 0 Å². The Hall–Kier alpha value is -8.84. The third-order valence-electron chi connectivity index (χ3n) is 17.4. The number of pyridine rings is 1. The number of aromatic nitrogens is 7. The van der Waals surface area contributed by atoms with E-state index in [1.165, 1.54) is 60.0 Å². The minimum Gasteiger partial charge on any atom is -0.506 e. The van der Waals surface area contributed by atoms with Gasteiger partial charge in [-0.25, -0.2) is 47.9 Å². The first kappa shape index (κ1) is 70.6. The highest BCUT2D eigenvalue weighted by molar-refractivity contribution is 7.91. The number of aromatic hydroxyl groups is 1. The lowest BCUT2D eigenvalue weighted by Gasteiger charge is -2.48. The molecule has 0 radical (unpaired) electrons. The molecule has 10 N–H and O–H groups in total. The number of nitrogens with zero attached hydrogens (tertiary/aromatic N) is 8. The predicted molar refractivity (Wildman–Crippen MR) is 360 cm³/mol. The van der Waals surface area contributed by atoms with Gasteiger partial charge in [-0.3, -0.25) is 24.0 Å². The van der Waals surface area contributed by atoms with Crippen LogP contribution in [0.3, 0.4) is 0 Å². The zero-order valence-electron chi connectivity index (χ0n) is 54.2. The molecule has 101 heavy (non-hydrogen) atoms. The minimum atomic E-state index is -3.66. The van der Waals surface area contributed by atoms with E-state index < -0.39 is 167 Å². The summed E-state index contributed by atoms with van der Waals surface area (Å²) in [6.07, 6.45) is -8.98. The number of fused-ring (bicyclic) bond motifs is 15. The highest BCUT2D eigenvalue weighted by atomic mass is 32.2. The number of thiazole rings is 5. The number of allylic oxidation sites excluding steroid dienone is 1. The summed E-state index contributed by atoms with van der Waals surface area (Å²) in [6.45, 7) is 4.19. The van der Waals surface area contributed by atoms with Crippen molar-refractivity contribution in [3.05, 3.63) is 112 Å².